The van der Waals surface area contributed by atoms with Crippen LogP contribution in [0.5, 0.6) is 0 Å². The molecule has 0 spiro atoms. The lowest BCUT2D eigenvalue weighted by Crippen LogP contribution is -2.53. The smallest absolute Gasteiger partial charge is 0.373 e. The first-order valence-electron chi connectivity index (χ1n) is 9.37. The second-order valence-electron chi connectivity index (χ2n) is 7.35. The molecule has 2 aliphatic rings. The zero-order chi connectivity index (χ0) is 21.4. The highest BCUT2D eigenvalue weighted by Gasteiger charge is 2.36. The molecule has 0 radical (unpaired) electrons. The summed E-state index contributed by atoms with van der Waals surface area (Å²) >= 11 is 6.04. The molecule has 1 aromatic heterocycles. The third kappa shape index (κ3) is 5.13. The lowest BCUT2D eigenvalue weighted by molar-refractivity contribution is -0.137. The number of rotatable bonds is 3. The Morgan fingerprint density at radius 1 is 1.10 bits per heavy atom. The third-order valence-corrected chi connectivity index (χ3v) is 7.19. The van der Waals surface area contributed by atoms with Crippen molar-refractivity contribution in [3.8, 4) is 0 Å². The standard InChI is InChI=1S/C17H24ClF3N4O3S/c1-12-10-25(11-13(2)28-12)29(26,27)24-5-3-4-23(6-7-24)16-15(18)8-14(9-22-16)17(19,20)21/h8-9,12-13H,3-7,10-11H2,1-2H3/t12-,13-/m0/s1. The zero-order valence-electron chi connectivity index (χ0n) is 16.2. The first-order valence-corrected chi connectivity index (χ1v) is 11.1. The highest BCUT2D eigenvalue weighted by atomic mass is 35.5. The van der Waals surface area contributed by atoms with Crippen LogP contribution in [0, 0.1) is 0 Å². The summed E-state index contributed by atoms with van der Waals surface area (Å²) in [4.78, 5) is 5.61. The molecule has 12 heteroatoms. The van der Waals surface area contributed by atoms with Crippen LogP contribution in [0.4, 0.5) is 19.0 Å². The second kappa shape index (κ2) is 8.54. The van der Waals surface area contributed by atoms with Crippen LogP contribution in [-0.2, 0) is 21.1 Å². The molecule has 0 amide bonds. The number of ether oxygens (including phenoxy) is 1. The summed E-state index contributed by atoms with van der Waals surface area (Å²) in [5.41, 5.74) is -0.916. The van der Waals surface area contributed by atoms with Crippen molar-refractivity contribution in [1.82, 2.24) is 13.6 Å². The summed E-state index contributed by atoms with van der Waals surface area (Å²) in [6.07, 6.45) is -3.64. The largest absolute Gasteiger partial charge is 0.417 e. The maximum atomic E-state index is 13.1. The van der Waals surface area contributed by atoms with E-state index in [1.54, 1.807) is 4.90 Å². The molecule has 0 N–H and O–H groups in total. The normalized spacial score (nSPS) is 25.8. The lowest BCUT2D eigenvalue weighted by atomic mass is 10.2. The second-order valence-corrected chi connectivity index (χ2v) is 9.68. The highest BCUT2D eigenvalue weighted by molar-refractivity contribution is 7.86. The van der Waals surface area contributed by atoms with Crippen LogP contribution in [0.25, 0.3) is 0 Å². The van der Waals surface area contributed by atoms with Crippen molar-refractivity contribution in [3.63, 3.8) is 0 Å². The number of anilines is 1. The van der Waals surface area contributed by atoms with Gasteiger partial charge in [0.1, 0.15) is 5.82 Å². The van der Waals surface area contributed by atoms with E-state index in [0.717, 1.165) is 12.3 Å². The van der Waals surface area contributed by atoms with Gasteiger partial charge in [0.15, 0.2) is 0 Å². The Labute approximate surface area is 173 Å². The first-order chi connectivity index (χ1) is 13.5. The van der Waals surface area contributed by atoms with Crippen LogP contribution in [-0.4, -0.2) is 73.5 Å². The number of aromatic nitrogens is 1. The van der Waals surface area contributed by atoms with Crippen molar-refractivity contribution in [3.05, 3.63) is 22.8 Å². The number of alkyl halides is 3. The predicted molar refractivity (Wildman–Crippen MR) is 103 cm³/mol. The molecular weight excluding hydrogens is 433 g/mol. The van der Waals surface area contributed by atoms with Gasteiger partial charge in [-0.2, -0.15) is 30.2 Å². The molecule has 0 aromatic carbocycles. The summed E-state index contributed by atoms with van der Waals surface area (Å²) in [5, 5.41) is -0.105. The number of halogens is 4. The molecule has 3 heterocycles. The molecule has 1 aromatic rings. The Balaban J connectivity index is 1.72. The Kier molecular flexibility index (Phi) is 6.64. The van der Waals surface area contributed by atoms with E-state index >= 15 is 0 Å². The summed E-state index contributed by atoms with van der Waals surface area (Å²) < 4.78 is 73.0. The van der Waals surface area contributed by atoms with Gasteiger partial charge in [-0.05, 0) is 26.3 Å². The van der Waals surface area contributed by atoms with E-state index in [2.05, 4.69) is 4.98 Å². The highest BCUT2D eigenvalue weighted by Crippen LogP contribution is 2.34. The molecule has 164 valence electrons. The van der Waals surface area contributed by atoms with Crippen molar-refractivity contribution in [2.75, 3.05) is 44.2 Å². The van der Waals surface area contributed by atoms with Crippen LogP contribution in [0.1, 0.15) is 25.8 Å². The molecule has 0 aliphatic carbocycles. The maximum Gasteiger partial charge on any atom is 0.417 e. The van der Waals surface area contributed by atoms with Crippen molar-refractivity contribution in [1.29, 1.82) is 0 Å². The molecular formula is C17H24ClF3N4O3S. The van der Waals surface area contributed by atoms with Gasteiger partial charge in [0.2, 0.25) is 0 Å². The van der Waals surface area contributed by atoms with Crippen LogP contribution in [0.3, 0.4) is 0 Å². The summed E-state index contributed by atoms with van der Waals surface area (Å²) in [6.45, 7) is 5.49. The minimum Gasteiger partial charge on any atom is -0.373 e. The average molecular weight is 457 g/mol. The Hall–Kier alpha value is -1.14. The molecule has 0 saturated carbocycles. The van der Waals surface area contributed by atoms with Crippen molar-refractivity contribution in [2.24, 2.45) is 0 Å². The SMILES string of the molecule is C[C@H]1CN(S(=O)(=O)N2CCCN(c3ncc(C(F)(F)F)cc3Cl)CC2)C[C@H](C)O1. The fourth-order valence-electron chi connectivity index (χ4n) is 3.64. The van der Waals surface area contributed by atoms with Gasteiger partial charge < -0.3 is 9.64 Å². The molecule has 3 rings (SSSR count). The predicted octanol–water partition coefficient (Wildman–Crippen LogP) is 2.62. The van der Waals surface area contributed by atoms with Gasteiger partial charge in [0.05, 0.1) is 22.8 Å². The average Bonchev–Trinajstić information content (AvgIpc) is 2.86. The van der Waals surface area contributed by atoms with Crippen LogP contribution in [0.2, 0.25) is 5.02 Å². The van der Waals surface area contributed by atoms with E-state index in [0.29, 0.717) is 32.6 Å². The Morgan fingerprint density at radius 2 is 1.76 bits per heavy atom. The molecule has 29 heavy (non-hydrogen) atoms. The fraction of sp³-hybridized carbons (Fsp3) is 0.706. The van der Waals surface area contributed by atoms with Gasteiger partial charge >= 0.3 is 6.18 Å². The molecule has 0 bridgehead atoms. The van der Waals surface area contributed by atoms with Crippen molar-refractivity contribution in [2.45, 2.75) is 38.7 Å². The van der Waals surface area contributed by atoms with Crippen molar-refractivity contribution < 1.29 is 26.3 Å². The zero-order valence-corrected chi connectivity index (χ0v) is 17.8. The van der Waals surface area contributed by atoms with E-state index in [1.165, 1.54) is 8.61 Å². The topological polar surface area (TPSA) is 66.0 Å². The summed E-state index contributed by atoms with van der Waals surface area (Å²) in [7, 11) is -3.66. The minimum atomic E-state index is -4.52. The number of hydrogen-bond acceptors (Lipinski definition) is 5. The maximum absolute atomic E-state index is 13.1. The number of hydrogen-bond donors (Lipinski definition) is 0. The van der Waals surface area contributed by atoms with Crippen LogP contribution < -0.4 is 4.90 Å². The molecule has 2 atom stereocenters. The summed E-state index contributed by atoms with van der Waals surface area (Å²) in [5.74, 6) is 0.229. The van der Waals surface area contributed by atoms with Gasteiger partial charge in [-0.3, -0.25) is 0 Å². The fourth-order valence-corrected chi connectivity index (χ4v) is 5.72. The Bertz CT molecular complexity index is 830. The van der Waals surface area contributed by atoms with Gasteiger partial charge in [0.25, 0.3) is 10.2 Å². The van der Waals surface area contributed by atoms with Gasteiger partial charge in [0, 0.05) is 45.5 Å². The molecule has 2 fully saturated rings. The molecule has 0 unspecified atom stereocenters. The number of pyridine rings is 1. The van der Waals surface area contributed by atoms with Gasteiger partial charge in [-0.15, -0.1) is 0 Å². The van der Waals surface area contributed by atoms with E-state index < -0.39 is 21.9 Å². The first kappa shape index (κ1) is 22.5. The number of nitrogens with zero attached hydrogens (tertiary/aromatic N) is 4. The van der Waals surface area contributed by atoms with Crippen molar-refractivity contribution >= 4 is 27.6 Å². The van der Waals surface area contributed by atoms with Crippen LogP contribution >= 0.6 is 11.6 Å². The van der Waals surface area contributed by atoms with E-state index in [1.807, 2.05) is 13.8 Å². The molecule has 7 nitrogen and oxygen atoms in total. The third-order valence-electron chi connectivity index (χ3n) is 4.94. The number of morpholine rings is 1. The Morgan fingerprint density at radius 3 is 2.34 bits per heavy atom. The van der Waals surface area contributed by atoms with Gasteiger partial charge in [-0.25, -0.2) is 4.98 Å². The van der Waals surface area contributed by atoms with Gasteiger partial charge in [-0.1, -0.05) is 11.6 Å². The molecule has 2 aliphatic heterocycles. The lowest BCUT2D eigenvalue weighted by Gasteiger charge is -2.37. The monoisotopic (exact) mass is 456 g/mol. The van der Waals surface area contributed by atoms with E-state index in [-0.39, 0.29) is 36.1 Å². The van der Waals surface area contributed by atoms with Crippen LogP contribution in [0.15, 0.2) is 12.3 Å². The quantitative estimate of drug-likeness (QED) is 0.699. The van der Waals surface area contributed by atoms with E-state index in [4.69, 9.17) is 16.3 Å². The minimum absolute atomic E-state index is 0.105. The van der Waals surface area contributed by atoms with E-state index in [9.17, 15) is 21.6 Å². The summed E-state index contributed by atoms with van der Waals surface area (Å²) in [6, 6.07) is 0.847. The molecule has 2 saturated heterocycles.